The van der Waals surface area contributed by atoms with Crippen LogP contribution in [0.3, 0.4) is 0 Å². The first-order chi connectivity index (χ1) is 4.91. The molecule has 10 heavy (non-hydrogen) atoms. The van der Waals surface area contributed by atoms with Crippen molar-refractivity contribution in [2.45, 2.75) is 13.3 Å². The van der Waals surface area contributed by atoms with Gasteiger partial charge in [0, 0.05) is 18.1 Å². The van der Waals surface area contributed by atoms with Crippen molar-refractivity contribution < 1.29 is 0 Å². The summed E-state index contributed by atoms with van der Waals surface area (Å²) in [6.07, 6.45) is 6.27. The van der Waals surface area contributed by atoms with E-state index in [0.29, 0.717) is 0 Å². The summed E-state index contributed by atoms with van der Waals surface area (Å²) in [6, 6.07) is 0. The third-order valence-corrected chi connectivity index (χ3v) is 1.37. The van der Waals surface area contributed by atoms with E-state index >= 15 is 0 Å². The molecule has 0 aliphatic rings. The fourth-order valence-electron chi connectivity index (χ4n) is 0.333. The van der Waals surface area contributed by atoms with Gasteiger partial charge in [-0.2, -0.15) is 0 Å². The lowest BCUT2D eigenvalue weighted by Crippen LogP contribution is -1.79. The minimum absolute atomic E-state index is 1.08. The molecular weight excluding hydrogens is 146 g/mol. The second-order valence-electron chi connectivity index (χ2n) is 1.63. The highest BCUT2D eigenvalue weighted by atomic mass is 32.2. The van der Waals surface area contributed by atoms with Crippen LogP contribution in [0.5, 0.6) is 0 Å². The van der Waals surface area contributed by atoms with E-state index in [2.05, 4.69) is 16.9 Å². The molecule has 1 aromatic heterocycles. The Morgan fingerprint density at radius 1 is 1.70 bits per heavy atom. The van der Waals surface area contributed by atoms with Crippen LogP contribution in [0, 0.1) is 0 Å². The minimum atomic E-state index is 1.08. The Morgan fingerprint density at radius 2 is 2.50 bits per heavy atom. The van der Waals surface area contributed by atoms with Gasteiger partial charge in [-0.3, -0.25) is 5.14 Å². The molecule has 0 spiro atoms. The molecule has 1 rings (SSSR count). The van der Waals surface area contributed by atoms with Crippen LogP contribution in [0.1, 0.15) is 13.3 Å². The Hall–Kier alpha value is -0.480. The van der Waals surface area contributed by atoms with E-state index in [0.717, 1.165) is 5.75 Å². The topological polar surface area (TPSA) is 54.7 Å². The van der Waals surface area contributed by atoms with Crippen LogP contribution in [0.2, 0.25) is 0 Å². The van der Waals surface area contributed by atoms with Gasteiger partial charge in [-0.15, -0.1) is 0 Å². The Bertz CT molecular complexity index is 99.3. The normalized spacial score (nSPS) is 8.20. The molecule has 0 bridgehead atoms. The van der Waals surface area contributed by atoms with Crippen molar-refractivity contribution in [2.75, 3.05) is 5.75 Å². The fourth-order valence-corrected chi connectivity index (χ4v) is 0.569. The van der Waals surface area contributed by atoms with Crippen LogP contribution in [0.4, 0.5) is 0 Å². The van der Waals surface area contributed by atoms with E-state index in [1.165, 1.54) is 18.4 Å². The van der Waals surface area contributed by atoms with Gasteiger partial charge in [0.15, 0.2) is 0 Å². The van der Waals surface area contributed by atoms with Gasteiger partial charge in [0.25, 0.3) is 0 Å². The van der Waals surface area contributed by atoms with Crippen LogP contribution >= 0.6 is 11.9 Å². The van der Waals surface area contributed by atoms with E-state index in [-0.39, 0.29) is 0 Å². The standard InChI is InChI=1S/C3H4N2.C3H9NS/c1-2-5-3-4-1;1-2-3-5-4/h1-3H,(H,4,5);2-4H2,1H3. The number of nitrogens with two attached hydrogens (primary N) is 1. The zero-order chi connectivity index (χ0) is 7.66. The van der Waals surface area contributed by atoms with Gasteiger partial charge in [-0.25, -0.2) is 4.98 Å². The average molecular weight is 159 g/mol. The lowest BCUT2D eigenvalue weighted by atomic mass is 10.6. The predicted octanol–water partition coefficient (Wildman–Crippen LogP) is 1.41. The minimum Gasteiger partial charge on any atom is -0.351 e. The number of aromatic amines is 1. The van der Waals surface area contributed by atoms with E-state index in [9.17, 15) is 0 Å². The summed E-state index contributed by atoms with van der Waals surface area (Å²) in [5, 5.41) is 5.06. The van der Waals surface area contributed by atoms with Crippen LogP contribution in [-0.2, 0) is 0 Å². The van der Waals surface area contributed by atoms with Gasteiger partial charge in [-0.1, -0.05) is 18.9 Å². The molecule has 0 aliphatic carbocycles. The third-order valence-electron chi connectivity index (χ3n) is 0.728. The zero-order valence-electron chi connectivity index (χ0n) is 6.08. The Labute approximate surface area is 65.6 Å². The van der Waals surface area contributed by atoms with Gasteiger partial charge in [0.1, 0.15) is 0 Å². The van der Waals surface area contributed by atoms with Gasteiger partial charge in [-0.05, 0) is 6.42 Å². The van der Waals surface area contributed by atoms with Gasteiger partial charge in [0.2, 0.25) is 0 Å². The Morgan fingerprint density at radius 3 is 2.60 bits per heavy atom. The number of imidazole rings is 1. The first-order valence-corrected chi connectivity index (χ1v) is 4.21. The number of hydrogen-bond donors (Lipinski definition) is 2. The van der Waals surface area contributed by atoms with Crippen molar-refractivity contribution in [3.05, 3.63) is 18.7 Å². The zero-order valence-corrected chi connectivity index (χ0v) is 6.90. The molecule has 0 saturated heterocycles. The van der Waals surface area contributed by atoms with Crippen molar-refractivity contribution in [3.63, 3.8) is 0 Å². The summed E-state index contributed by atoms with van der Waals surface area (Å²) in [7, 11) is 0. The quantitative estimate of drug-likeness (QED) is 0.641. The highest BCUT2D eigenvalue weighted by Gasteiger charge is 1.68. The second-order valence-corrected chi connectivity index (χ2v) is 2.37. The molecule has 0 atom stereocenters. The van der Waals surface area contributed by atoms with Crippen LogP contribution < -0.4 is 5.14 Å². The van der Waals surface area contributed by atoms with Crippen molar-refractivity contribution in [1.29, 1.82) is 0 Å². The van der Waals surface area contributed by atoms with Crippen LogP contribution in [0.15, 0.2) is 18.7 Å². The number of nitrogens with zero attached hydrogens (tertiary/aromatic N) is 1. The molecule has 4 heteroatoms. The van der Waals surface area contributed by atoms with Crippen molar-refractivity contribution >= 4 is 11.9 Å². The number of aromatic nitrogens is 2. The highest BCUT2D eigenvalue weighted by molar-refractivity contribution is 7.97. The number of H-pyrrole nitrogens is 1. The molecule has 3 nitrogen and oxygen atoms in total. The largest absolute Gasteiger partial charge is 0.351 e. The second kappa shape index (κ2) is 8.52. The smallest absolute Gasteiger partial charge is 0.0919 e. The van der Waals surface area contributed by atoms with Gasteiger partial charge in [0.05, 0.1) is 6.33 Å². The third kappa shape index (κ3) is 7.52. The van der Waals surface area contributed by atoms with E-state index in [4.69, 9.17) is 5.14 Å². The molecule has 3 N–H and O–H groups in total. The summed E-state index contributed by atoms with van der Waals surface area (Å²) >= 11 is 1.40. The maximum Gasteiger partial charge on any atom is 0.0919 e. The van der Waals surface area contributed by atoms with E-state index in [1.807, 2.05) is 0 Å². The molecule has 0 amide bonds. The van der Waals surface area contributed by atoms with E-state index in [1.54, 1.807) is 18.7 Å². The van der Waals surface area contributed by atoms with Crippen molar-refractivity contribution in [3.8, 4) is 0 Å². The van der Waals surface area contributed by atoms with Gasteiger partial charge >= 0.3 is 0 Å². The number of hydrogen-bond acceptors (Lipinski definition) is 3. The summed E-state index contributed by atoms with van der Waals surface area (Å²) in [5.74, 6) is 1.08. The summed E-state index contributed by atoms with van der Waals surface area (Å²) in [5.41, 5.74) is 0. The maximum absolute atomic E-state index is 5.06. The number of rotatable bonds is 2. The molecule has 0 aromatic carbocycles. The molecule has 1 heterocycles. The molecule has 58 valence electrons. The highest BCUT2D eigenvalue weighted by Crippen LogP contribution is 1.86. The first-order valence-electron chi connectivity index (χ1n) is 3.16. The molecule has 0 fully saturated rings. The summed E-state index contributed by atoms with van der Waals surface area (Å²) < 4.78 is 0. The maximum atomic E-state index is 5.06. The molecule has 0 saturated carbocycles. The predicted molar refractivity (Wildman–Crippen MR) is 45.5 cm³/mol. The van der Waals surface area contributed by atoms with Crippen LogP contribution in [0.25, 0.3) is 0 Å². The van der Waals surface area contributed by atoms with Crippen molar-refractivity contribution in [1.82, 2.24) is 9.97 Å². The monoisotopic (exact) mass is 159 g/mol. The summed E-state index contributed by atoms with van der Waals surface area (Å²) in [4.78, 5) is 6.42. The molecule has 0 radical (unpaired) electrons. The molecule has 1 aromatic rings. The first kappa shape index (κ1) is 9.52. The van der Waals surface area contributed by atoms with Gasteiger partial charge < -0.3 is 4.98 Å². The number of nitrogens with one attached hydrogen (secondary N) is 1. The van der Waals surface area contributed by atoms with Crippen molar-refractivity contribution in [2.24, 2.45) is 5.14 Å². The lowest BCUT2D eigenvalue weighted by Gasteiger charge is -1.80. The molecular formula is C6H13N3S. The lowest BCUT2D eigenvalue weighted by molar-refractivity contribution is 1.11. The Kier molecular flexibility index (Phi) is 8.11. The molecule has 0 unspecified atom stereocenters. The fraction of sp³-hybridized carbons (Fsp3) is 0.500. The Balaban J connectivity index is 0.000000162. The summed E-state index contributed by atoms with van der Waals surface area (Å²) in [6.45, 7) is 2.11. The SMILES string of the molecule is CCCSN.c1c[nH]cn1. The van der Waals surface area contributed by atoms with Crippen LogP contribution in [-0.4, -0.2) is 15.7 Å². The molecule has 0 aliphatic heterocycles. The van der Waals surface area contributed by atoms with E-state index < -0.39 is 0 Å². The average Bonchev–Trinajstić information content (AvgIpc) is 2.44.